The summed E-state index contributed by atoms with van der Waals surface area (Å²) in [6.07, 6.45) is 1.82. The van der Waals surface area contributed by atoms with Gasteiger partial charge in [0.15, 0.2) is 0 Å². The lowest BCUT2D eigenvalue weighted by atomic mass is 9.95. The summed E-state index contributed by atoms with van der Waals surface area (Å²) in [4.78, 5) is 11.8. The van der Waals surface area contributed by atoms with E-state index >= 15 is 0 Å². The van der Waals surface area contributed by atoms with Crippen LogP contribution in [0, 0.1) is 11.7 Å². The molecule has 3 N–H and O–H groups in total. The largest absolute Gasteiger partial charge is 0.354 e. The van der Waals surface area contributed by atoms with Gasteiger partial charge in [0.25, 0.3) is 0 Å². The number of hydrogen-bond acceptors (Lipinski definition) is 2. The van der Waals surface area contributed by atoms with Gasteiger partial charge in [-0.15, -0.1) is 0 Å². The van der Waals surface area contributed by atoms with Gasteiger partial charge in [-0.05, 0) is 30.4 Å². The Bertz CT molecular complexity index is 469. The molecule has 1 aromatic rings. The third kappa shape index (κ3) is 2.95. The first-order valence-corrected chi connectivity index (χ1v) is 6.74. The van der Waals surface area contributed by atoms with Crippen LogP contribution >= 0.6 is 0 Å². The van der Waals surface area contributed by atoms with Crippen LogP contribution in [0.15, 0.2) is 24.3 Å². The van der Waals surface area contributed by atoms with E-state index in [1.807, 2.05) is 19.9 Å². The van der Waals surface area contributed by atoms with Gasteiger partial charge >= 0.3 is 0 Å². The zero-order valence-corrected chi connectivity index (χ0v) is 11.4. The highest BCUT2D eigenvalue weighted by atomic mass is 19.1. The summed E-state index contributed by atoms with van der Waals surface area (Å²) in [5, 5.41) is 2.86. The molecular formula is C15H21FN2O. The summed E-state index contributed by atoms with van der Waals surface area (Å²) in [7, 11) is 0. The van der Waals surface area contributed by atoms with E-state index in [0.29, 0.717) is 12.1 Å². The molecule has 1 aliphatic rings. The van der Waals surface area contributed by atoms with Crippen molar-refractivity contribution in [1.29, 1.82) is 0 Å². The smallest absolute Gasteiger partial charge is 0.237 e. The third-order valence-electron chi connectivity index (χ3n) is 3.92. The van der Waals surface area contributed by atoms with E-state index in [4.69, 9.17) is 5.73 Å². The maximum absolute atomic E-state index is 13.8. The Balaban J connectivity index is 2.00. The van der Waals surface area contributed by atoms with Crippen LogP contribution in [-0.4, -0.2) is 18.5 Å². The first kappa shape index (κ1) is 14.0. The van der Waals surface area contributed by atoms with Crippen LogP contribution in [0.1, 0.15) is 32.3 Å². The Morgan fingerprint density at radius 3 is 2.58 bits per heavy atom. The van der Waals surface area contributed by atoms with Gasteiger partial charge in [-0.2, -0.15) is 0 Å². The van der Waals surface area contributed by atoms with Crippen LogP contribution in [0.5, 0.6) is 0 Å². The highest BCUT2D eigenvalue weighted by Gasteiger charge is 2.46. The number of halogens is 1. The lowest BCUT2D eigenvalue weighted by molar-refractivity contribution is -0.123. The second kappa shape index (κ2) is 5.29. The van der Waals surface area contributed by atoms with Gasteiger partial charge < -0.3 is 11.1 Å². The van der Waals surface area contributed by atoms with Crippen molar-refractivity contribution in [2.75, 3.05) is 6.54 Å². The van der Waals surface area contributed by atoms with Gasteiger partial charge in [-0.3, -0.25) is 4.79 Å². The standard InChI is InChI=1S/C15H21FN2O/c1-10(2)13(17)14(19)18-9-15(7-8-15)11-5-3-4-6-12(11)16/h3-6,10,13H,7-9,17H2,1-2H3,(H,18,19). The SMILES string of the molecule is CC(C)C(N)C(=O)NCC1(c2ccccc2F)CC1. The molecule has 1 saturated carbocycles. The molecule has 0 aliphatic heterocycles. The van der Waals surface area contributed by atoms with Gasteiger partial charge in [0.1, 0.15) is 5.82 Å². The van der Waals surface area contributed by atoms with Gasteiger partial charge in [-0.25, -0.2) is 4.39 Å². The minimum absolute atomic E-state index is 0.101. The molecule has 0 saturated heterocycles. The predicted octanol–water partition coefficient (Wildman–Crippen LogP) is 1.96. The first-order valence-electron chi connectivity index (χ1n) is 6.74. The number of nitrogens with one attached hydrogen (secondary N) is 1. The Labute approximate surface area is 113 Å². The molecule has 0 spiro atoms. The molecule has 1 atom stereocenters. The van der Waals surface area contributed by atoms with Crippen molar-refractivity contribution in [1.82, 2.24) is 5.32 Å². The maximum Gasteiger partial charge on any atom is 0.237 e. The minimum Gasteiger partial charge on any atom is -0.354 e. The van der Waals surface area contributed by atoms with Gasteiger partial charge in [0.05, 0.1) is 6.04 Å². The second-order valence-corrected chi connectivity index (χ2v) is 5.75. The molecule has 4 heteroatoms. The number of nitrogens with two attached hydrogens (primary N) is 1. The summed E-state index contributed by atoms with van der Waals surface area (Å²) in [6.45, 7) is 4.29. The van der Waals surface area contributed by atoms with Gasteiger partial charge in [0.2, 0.25) is 5.91 Å². The summed E-state index contributed by atoms with van der Waals surface area (Å²) >= 11 is 0. The molecule has 1 amide bonds. The van der Waals surface area contributed by atoms with Crippen LogP contribution in [0.25, 0.3) is 0 Å². The van der Waals surface area contributed by atoms with Gasteiger partial charge in [0, 0.05) is 12.0 Å². The van der Waals surface area contributed by atoms with Crippen molar-refractivity contribution in [2.24, 2.45) is 11.7 Å². The van der Waals surface area contributed by atoms with E-state index in [1.54, 1.807) is 12.1 Å². The van der Waals surface area contributed by atoms with E-state index in [2.05, 4.69) is 5.32 Å². The van der Waals surface area contributed by atoms with Crippen LogP contribution in [0.4, 0.5) is 4.39 Å². The van der Waals surface area contributed by atoms with E-state index in [0.717, 1.165) is 12.8 Å². The monoisotopic (exact) mass is 264 g/mol. The highest BCUT2D eigenvalue weighted by molar-refractivity contribution is 5.81. The van der Waals surface area contributed by atoms with Crippen LogP contribution in [0.3, 0.4) is 0 Å². The quantitative estimate of drug-likeness (QED) is 0.854. The zero-order chi connectivity index (χ0) is 14.0. The average Bonchev–Trinajstić information content (AvgIpc) is 3.16. The summed E-state index contributed by atoms with van der Waals surface area (Å²) in [5.74, 6) is -0.247. The number of carbonyl (C=O) groups excluding carboxylic acids is 1. The van der Waals surface area contributed by atoms with E-state index in [1.165, 1.54) is 6.07 Å². The molecule has 104 valence electrons. The van der Waals surface area contributed by atoms with E-state index < -0.39 is 6.04 Å². The molecular weight excluding hydrogens is 243 g/mol. The Kier molecular flexibility index (Phi) is 3.90. The van der Waals surface area contributed by atoms with Crippen molar-refractivity contribution in [3.8, 4) is 0 Å². The third-order valence-corrected chi connectivity index (χ3v) is 3.92. The van der Waals surface area contributed by atoms with Crippen molar-refractivity contribution in [3.05, 3.63) is 35.6 Å². The molecule has 1 fully saturated rings. The Morgan fingerprint density at radius 1 is 1.42 bits per heavy atom. The molecule has 1 aliphatic carbocycles. The Hall–Kier alpha value is -1.42. The van der Waals surface area contributed by atoms with Crippen LogP contribution in [0.2, 0.25) is 0 Å². The van der Waals surface area contributed by atoms with Crippen molar-refractivity contribution in [2.45, 2.75) is 38.1 Å². The fraction of sp³-hybridized carbons (Fsp3) is 0.533. The molecule has 3 nitrogen and oxygen atoms in total. The topological polar surface area (TPSA) is 55.1 Å². The summed E-state index contributed by atoms with van der Waals surface area (Å²) < 4.78 is 13.8. The van der Waals surface area contributed by atoms with Crippen LogP contribution < -0.4 is 11.1 Å². The predicted molar refractivity (Wildman–Crippen MR) is 73.1 cm³/mol. The lowest BCUT2D eigenvalue weighted by Crippen LogP contribution is -2.46. The fourth-order valence-corrected chi connectivity index (χ4v) is 2.26. The van der Waals surface area contributed by atoms with E-state index in [-0.39, 0.29) is 23.1 Å². The van der Waals surface area contributed by atoms with Crippen molar-refractivity contribution >= 4 is 5.91 Å². The number of rotatable bonds is 5. The molecule has 1 aromatic carbocycles. The van der Waals surface area contributed by atoms with Crippen molar-refractivity contribution in [3.63, 3.8) is 0 Å². The molecule has 2 rings (SSSR count). The maximum atomic E-state index is 13.8. The van der Waals surface area contributed by atoms with Crippen molar-refractivity contribution < 1.29 is 9.18 Å². The van der Waals surface area contributed by atoms with Gasteiger partial charge in [-0.1, -0.05) is 32.0 Å². The Morgan fingerprint density at radius 2 is 2.05 bits per heavy atom. The molecule has 1 unspecified atom stereocenters. The minimum atomic E-state index is -0.503. The summed E-state index contributed by atoms with van der Waals surface area (Å²) in [6, 6.07) is 6.28. The lowest BCUT2D eigenvalue weighted by Gasteiger charge is -2.20. The van der Waals surface area contributed by atoms with Crippen LogP contribution in [-0.2, 0) is 10.2 Å². The number of hydrogen-bond donors (Lipinski definition) is 2. The van der Waals surface area contributed by atoms with E-state index in [9.17, 15) is 9.18 Å². The fourth-order valence-electron chi connectivity index (χ4n) is 2.26. The zero-order valence-electron chi connectivity index (χ0n) is 11.4. The average molecular weight is 264 g/mol. The number of benzene rings is 1. The molecule has 19 heavy (non-hydrogen) atoms. The second-order valence-electron chi connectivity index (χ2n) is 5.75. The molecule has 0 aromatic heterocycles. The number of carbonyl (C=O) groups is 1. The summed E-state index contributed by atoms with van der Waals surface area (Å²) in [5.41, 5.74) is 6.27. The molecule has 0 radical (unpaired) electrons. The molecule has 0 heterocycles. The number of amides is 1. The molecule has 0 bridgehead atoms. The highest BCUT2D eigenvalue weighted by Crippen LogP contribution is 2.48. The normalized spacial score (nSPS) is 18.2. The first-order chi connectivity index (χ1) is 8.96.